The molecular formula is C31H52N5O8P. The van der Waals surface area contributed by atoms with E-state index >= 15 is 0 Å². The molecule has 3 rings (SSSR count). The molecule has 3 heterocycles. The predicted octanol–water partition coefficient (Wildman–Crippen LogP) is 4.57. The van der Waals surface area contributed by atoms with Crippen molar-refractivity contribution in [3.05, 3.63) is 18.1 Å². The topological polar surface area (TPSA) is 206 Å². The highest BCUT2D eigenvalue weighted by atomic mass is 31.2. The Hall–Kier alpha value is -2.14. The highest BCUT2D eigenvalue weighted by molar-refractivity contribution is 7.52. The molecule has 6 N–H and O–H groups in total. The summed E-state index contributed by atoms with van der Waals surface area (Å²) in [6, 6.07) is 2.01. The van der Waals surface area contributed by atoms with E-state index in [1.807, 2.05) is 6.07 Å². The number of aliphatic hydroxyl groups is 3. The summed E-state index contributed by atoms with van der Waals surface area (Å²) >= 11 is 0. The van der Waals surface area contributed by atoms with Gasteiger partial charge in [0, 0.05) is 32.2 Å². The first kappa shape index (κ1) is 37.3. The molecule has 13 nitrogen and oxygen atoms in total. The van der Waals surface area contributed by atoms with Gasteiger partial charge in [0.25, 0.3) is 0 Å². The Morgan fingerprint density at radius 3 is 2.09 bits per heavy atom. The zero-order chi connectivity index (χ0) is 32.5. The molecule has 0 bridgehead atoms. The van der Waals surface area contributed by atoms with E-state index in [0.29, 0.717) is 18.4 Å². The minimum atomic E-state index is -3.90. The van der Waals surface area contributed by atoms with Crippen molar-refractivity contribution < 1.29 is 38.8 Å². The van der Waals surface area contributed by atoms with Crippen LogP contribution < -0.4 is 5.73 Å². The molecule has 0 saturated carbocycles. The lowest BCUT2D eigenvalue weighted by molar-refractivity contribution is -0.0482. The van der Waals surface area contributed by atoms with Crippen LogP contribution in [0.25, 0.3) is 11.0 Å². The van der Waals surface area contributed by atoms with Crippen LogP contribution in [0.3, 0.4) is 0 Å². The first-order valence-electron chi connectivity index (χ1n) is 16.5. The van der Waals surface area contributed by atoms with E-state index in [-0.39, 0.29) is 36.4 Å². The molecule has 2 aromatic heterocycles. The number of fused-ring (bicyclic) bond motifs is 1. The number of nitrogen functional groups attached to an aromatic ring is 1. The molecular weight excluding hydrogens is 601 g/mol. The number of rotatable bonds is 24. The fourth-order valence-corrected chi connectivity index (χ4v) is 6.78. The summed E-state index contributed by atoms with van der Waals surface area (Å²) in [6.07, 6.45) is 14.4. The van der Waals surface area contributed by atoms with Gasteiger partial charge in [0.2, 0.25) is 0 Å². The van der Waals surface area contributed by atoms with Crippen molar-refractivity contribution in [2.24, 2.45) is 0 Å². The molecule has 0 radical (unpaired) electrons. The van der Waals surface area contributed by atoms with Gasteiger partial charge < -0.3 is 44.5 Å². The third-order valence-electron chi connectivity index (χ3n) is 8.24. The van der Waals surface area contributed by atoms with Crippen LogP contribution in [0.15, 0.2) is 12.5 Å². The van der Waals surface area contributed by atoms with Gasteiger partial charge in [0.15, 0.2) is 6.23 Å². The van der Waals surface area contributed by atoms with E-state index in [9.17, 15) is 24.9 Å². The van der Waals surface area contributed by atoms with Crippen molar-refractivity contribution in [2.75, 3.05) is 38.3 Å². The van der Waals surface area contributed by atoms with Crippen LogP contribution in [0, 0.1) is 11.3 Å². The average molecular weight is 654 g/mol. The number of aliphatic hydroxyl groups excluding tert-OH is 3. The van der Waals surface area contributed by atoms with Crippen LogP contribution in [-0.4, -0.2) is 85.6 Å². The maximum absolute atomic E-state index is 12.6. The Morgan fingerprint density at radius 1 is 0.911 bits per heavy atom. The first-order chi connectivity index (χ1) is 21.8. The Labute approximate surface area is 266 Å². The monoisotopic (exact) mass is 653 g/mol. The highest BCUT2D eigenvalue weighted by Crippen LogP contribution is 2.44. The zero-order valence-corrected chi connectivity index (χ0v) is 27.2. The maximum atomic E-state index is 12.6. The van der Waals surface area contributed by atoms with Crippen LogP contribution >= 0.6 is 7.60 Å². The SMILES string of the molecule is N#Cc1cn([C@@H]2O[C@H](COP(=O)(O)CCCCCCCCCCCCCCCCOCCCO)[C@@H](O)[C@H]2O)c2ncnc(N)c12. The molecule has 1 unspecified atom stereocenters. The number of nitrogens with two attached hydrogens (primary N) is 1. The predicted molar refractivity (Wildman–Crippen MR) is 170 cm³/mol. The van der Waals surface area contributed by atoms with E-state index in [1.165, 1.54) is 74.9 Å². The number of unbranched alkanes of at least 4 members (excludes halogenated alkanes) is 13. The lowest BCUT2D eigenvalue weighted by Crippen LogP contribution is -2.33. The molecule has 1 aliphatic rings. The van der Waals surface area contributed by atoms with Crippen LogP contribution in [0.2, 0.25) is 0 Å². The van der Waals surface area contributed by atoms with Gasteiger partial charge in [0.1, 0.15) is 42.2 Å². The molecule has 0 amide bonds. The molecule has 1 aliphatic heterocycles. The van der Waals surface area contributed by atoms with E-state index in [2.05, 4.69) is 9.97 Å². The molecule has 5 atom stereocenters. The number of hydrogen-bond donors (Lipinski definition) is 5. The van der Waals surface area contributed by atoms with Gasteiger partial charge in [-0.25, -0.2) is 9.97 Å². The minimum absolute atomic E-state index is 0.0164. The van der Waals surface area contributed by atoms with Gasteiger partial charge in [-0.3, -0.25) is 4.57 Å². The Kier molecular flexibility index (Phi) is 16.7. The first-order valence-corrected chi connectivity index (χ1v) is 18.2. The fourth-order valence-electron chi connectivity index (χ4n) is 5.64. The summed E-state index contributed by atoms with van der Waals surface area (Å²) in [6.45, 7) is 1.28. The third kappa shape index (κ3) is 12.2. The lowest BCUT2D eigenvalue weighted by atomic mass is 10.0. The van der Waals surface area contributed by atoms with Crippen molar-refractivity contribution in [1.29, 1.82) is 5.26 Å². The molecule has 254 valence electrons. The molecule has 0 spiro atoms. The number of ether oxygens (including phenoxy) is 2. The second kappa shape index (κ2) is 20.2. The second-order valence-electron chi connectivity index (χ2n) is 11.9. The molecule has 1 fully saturated rings. The quantitative estimate of drug-likeness (QED) is 0.0780. The summed E-state index contributed by atoms with van der Waals surface area (Å²) in [7, 11) is -3.90. The van der Waals surface area contributed by atoms with Crippen molar-refractivity contribution >= 4 is 24.4 Å². The van der Waals surface area contributed by atoms with Gasteiger partial charge >= 0.3 is 7.60 Å². The highest BCUT2D eigenvalue weighted by Gasteiger charge is 2.45. The van der Waals surface area contributed by atoms with E-state index in [1.54, 1.807) is 0 Å². The smallest absolute Gasteiger partial charge is 0.328 e. The Bertz CT molecular complexity index is 1220. The maximum Gasteiger partial charge on any atom is 0.328 e. The molecule has 45 heavy (non-hydrogen) atoms. The number of nitrogens with zero attached hydrogens (tertiary/aromatic N) is 4. The molecule has 2 aromatic rings. The normalized spacial score (nSPS) is 21.3. The van der Waals surface area contributed by atoms with Gasteiger partial charge in [0.05, 0.1) is 17.6 Å². The van der Waals surface area contributed by atoms with Crippen LogP contribution in [0.5, 0.6) is 0 Å². The second-order valence-corrected chi connectivity index (χ2v) is 13.8. The van der Waals surface area contributed by atoms with E-state index in [0.717, 1.165) is 38.7 Å². The largest absolute Gasteiger partial charge is 0.396 e. The molecule has 0 aliphatic carbocycles. The lowest BCUT2D eigenvalue weighted by Gasteiger charge is -2.18. The number of nitriles is 1. The average Bonchev–Trinajstić information content (AvgIpc) is 3.54. The molecule has 0 aromatic carbocycles. The third-order valence-corrected chi connectivity index (χ3v) is 9.67. The number of aromatic nitrogens is 3. The van der Waals surface area contributed by atoms with Gasteiger partial charge in [-0.05, 0) is 19.3 Å². The van der Waals surface area contributed by atoms with Gasteiger partial charge in [-0.2, -0.15) is 5.26 Å². The fraction of sp³-hybridized carbons (Fsp3) is 0.774. The van der Waals surface area contributed by atoms with E-state index in [4.69, 9.17) is 24.8 Å². The van der Waals surface area contributed by atoms with Gasteiger partial charge in [-0.15, -0.1) is 0 Å². The van der Waals surface area contributed by atoms with Crippen molar-refractivity contribution in [2.45, 2.75) is 121 Å². The zero-order valence-electron chi connectivity index (χ0n) is 26.3. The van der Waals surface area contributed by atoms with E-state index < -0.39 is 32.1 Å². The summed E-state index contributed by atoms with van der Waals surface area (Å²) in [5.41, 5.74) is 6.36. The Balaban J connectivity index is 1.22. The van der Waals surface area contributed by atoms with Crippen LogP contribution in [0.1, 0.15) is 108 Å². The van der Waals surface area contributed by atoms with Gasteiger partial charge in [-0.1, -0.05) is 77.0 Å². The molecule has 1 saturated heterocycles. The van der Waals surface area contributed by atoms with Crippen molar-refractivity contribution in [3.8, 4) is 6.07 Å². The Morgan fingerprint density at radius 2 is 1.49 bits per heavy atom. The summed E-state index contributed by atoms with van der Waals surface area (Å²) in [5.74, 6) is 0.104. The van der Waals surface area contributed by atoms with Crippen LogP contribution in [-0.2, 0) is 18.6 Å². The summed E-state index contributed by atoms with van der Waals surface area (Å²) in [5, 5.41) is 39.7. The molecule has 14 heteroatoms. The summed E-state index contributed by atoms with van der Waals surface area (Å²) < 4.78 is 30.5. The minimum Gasteiger partial charge on any atom is -0.396 e. The van der Waals surface area contributed by atoms with Crippen molar-refractivity contribution in [1.82, 2.24) is 14.5 Å². The van der Waals surface area contributed by atoms with Crippen molar-refractivity contribution in [3.63, 3.8) is 0 Å². The van der Waals surface area contributed by atoms with Crippen LogP contribution in [0.4, 0.5) is 5.82 Å². The number of anilines is 1. The number of hydrogen-bond acceptors (Lipinski definition) is 11. The standard InChI is InChI=1S/C31H52N5O8P/c32-20-24-21-36(30-26(24)29(33)34-23-35-30)31-28(39)27(38)25(44-31)22-43-45(40,41)19-14-12-10-8-6-4-2-1-3-5-7-9-11-13-17-42-18-15-16-37/h21,23,25,27-28,31,37-39H,1-19,22H2,(H,40,41)(H2,33,34,35)/t25-,27-,28-,31-/m1/s1. The summed E-state index contributed by atoms with van der Waals surface area (Å²) in [4.78, 5) is 18.4.